The van der Waals surface area contributed by atoms with Gasteiger partial charge in [0.15, 0.2) is 0 Å². The number of benzene rings is 9. The summed E-state index contributed by atoms with van der Waals surface area (Å²) in [5.41, 5.74) is 11.9. The van der Waals surface area contributed by atoms with Crippen molar-refractivity contribution >= 4 is 72.8 Å². The van der Waals surface area contributed by atoms with Crippen LogP contribution in [-0.4, -0.2) is 4.98 Å². The Bertz CT molecular complexity index is 2960. The lowest BCUT2D eigenvalue weighted by molar-refractivity contribution is 1.24. The van der Waals surface area contributed by atoms with Crippen LogP contribution >= 0.6 is 24.0 Å². The van der Waals surface area contributed by atoms with Gasteiger partial charge in [0.05, 0.1) is 10.4 Å². The SMILES string of the molecule is Sc1c(-c2ccccc2)cc2sc(-c3ccccc3)nc2c1N(c1ccc(-c2ccccc2)cc1)c1ccc(-c2ccc3ccc4ccccc4c3c2)cc1. The van der Waals surface area contributed by atoms with Crippen molar-refractivity contribution in [3.63, 3.8) is 0 Å². The number of hydrogen-bond donors (Lipinski definition) is 1. The van der Waals surface area contributed by atoms with Gasteiger partial charge in [0.2, 0.25) is 0 Å². The third kappa shape index (κ3) is 6.16. The highest BCUT2D eigenvalue weighted by Crippen LogP contribution is 2.49. The van der Waals surface area contributed by atoms with Gasteiger partial charge in [-0.15, -0.1) is 24.0 Å². The number of anilines is 3. The van der Waals surface area contributed by atoms with Crippen molar-refractivity contribution in [1.82, 2.24) is 4.98 Å². The van der Waals surface area contributed by atoms with Crippen LogP contribution in [0.5, 0.6) is 0 Å². The Morgan fingerprint density at radius 3 is 1.56 bits per heavy atom. The number of thiol groups is 1. The zero-order valence-corrected chi connectivity index (χ0v) is 31.5. The molecule has 0 spiro atoms. The minimum absolute atomic E-state index is 0.876. The minimum Gasteiger partial charge on any atom is -0.307 e. The number of fused-ring (bicyclic) bond motifs is 4. The van der Waals surface area contributed by atoms with Gasteiger partial charge in [-0.25, -0.2) is 4.98 Å². The predicted molar refractivity (Wildman–Crippen MR) is 238 cm³/mol. The van der Waals surface area contributed by atoms with Gasteiger partial charge >= 0.3 is 0 Å². The largest absolute Gasteiger partial charge is 0.307 e. The molecule has 0 saturated carbocycles. The second-order valence-corrected chi connectivity index (χ2v) is 15.2. The molecular formula is C51H34N2S2. The van der Waals surface area contributed by atoms with Crippen LogP contribution in [0.25, 0.3) is 75.7 Å². The van der Waals surface area contributed by atoms with E-state index in [9.17, 15) is 0 Å². The van der Waals surface area contributed by atoms with E-state index in [1.54, 1.807) is 11.3 Å². The fourth-order valence-electron chi connectivity index (χ4n) is 7.62. The molecule has 0 aliphatic carbocycles. The van der Waals surface area contributed by atoms with Crippen LogP contribution in [-0.2, 0) is 0 Å². The van der Waals surface area contributed by atoms with E-state index in [4.69, 9.17) is 17.6 Å². The van der Waals surface area contributed by atoms with Gasteiger partial charge in [0.25, 0.3) is 0 Å². The molecule has 4 heteroatoms. The number of hydrogen-bond acceptors (Lipinski definition) is 4. The van der Waals surface area contributed by atoms with Crippen LogP contribution in [0.3, 0.4) is 0 Å². The lowest BCUT2D eigenvalue weighted by Crippen LogP contribution is -2.12. The van der Waals surface area contributed by atoms with Gasteiger partial charge in [-0.2, -0.15) is 0 Å². The number of nitrogens with zero attached hydrogens (tertiary/aromatic N) is 2. The van der Waals surface area contributed by atoms with Gasteiger partial charge in [0, 0.05) is 21.8 Å². The molecule has 10 rings (SSSR count). The van der Waals surface area contributed by atoms with Crippen LogP contribution in [0.4, 0.5) is 17.1 Å². The first-order valence-electron chi connectivity index (χ1n) is 18.4. The van der Waals surface area contributed by atoms with Crippen molar-refractivity contribution in [3.05, 3.63) is 200 Å². The quantitative estimate of drug-likeness (QED) is 0.129. The molecule has 9 aromatic carbocycles. The summed E-state index contributed by atoms with van der Waals surface area (Å²) >= 11 is 7.10. The van der Waals surface area contributed by atoms with E-state index in [1.807, 2.05) is 6.07 Å². The van der Waals surface area contributed by atoms with Gasteiger partial charge in [-0.05, 0) is 91.3 Å². The monoisotopic (exact) mass is 738 g/mol. The molecule has 0 aliphatic rings. The van der Waals surface area contributed by atoms with Gasteiger partial charge in [-0.3, -0.25) is 0 Å². The second-order valence-electron chi connectivity index (χ2n) is 13.7. The van der Waals surface area contributed by atoms with Crippen molar-refractivity contribution in [3.8, 4) is 44.0 Å². The molecule has 10 aromatic rings. The highest BCUT2D eigenvalue weighted by atomic mass is 32.1. The molecule has 0 unspecified atom stereocenters. The maximum Gasteiger partial charge on any atom is 0.124 e. The molecule has 0 radical (unpaired) electrons. The summed E-state index contributed by atoms with van der Waals surface area (Å²) in [5.74, 6) is 0. The highest BCUT2D eigenvalue weighted by Gasteiger charge is 2.24. The van der Waals surface area contributed by atoms with Gasteiger partial charge in [-0.1, -0.05) is 164 Å². The Morgan fingerprint density at radius 2 is 0.909 bits per heavy atom. The molecule has 0 aliphatic heterocycles. The molecule has 1 heterocycles. The molecule has 55 heavy (non-hydrogen) atoms. The summed E-state index contributed by atoms with van der Waals surface area (Å²) in [6.45, 7) is 0. The standard InChI is InChI=1S/C51H34N2S2/c54-50-46(37-14-6-2-7-15-37)33-47-48(52-51(55-47)40-17-8-3-9-18-40)49(50)53(42-28-24-35(25-29-42)34-12-4-1-5-13-34)43-30-26-36(27-31-43)41-23-22-39-21-20-38-16-10-11-19-44(38)45(39)32-41/h1-33,54H. The van der Waals surface area contributed by atoms with E-state index >= 15 is 0 Å². The fourth-order valence-corrected chi connectivity index (χ4v) is 9.03. The van der Waals surface area contributed by atoms with Crippen LogP contribution in [0.1, 0.15) is 0 Å². The summed E-state index contributed by atoms with van der Waals surface area (Å²) in [7, 11) is 0. The highest BCUT2D eigenvalue weighted by molar-refractivity contribution is 7.80. The normalized spacial score (nSPS) is 11.4. The second kappa shape index (κ2) is 14.1. The summed E-state index contributed by atoms with van der Waals surface area (Å²) in [4.78, 5) is 8.57. The molecular weight excluding hydrogens is 705 g/mol. The smallest absolute Gasteiger partial charge is 0.124 e. The first kappa shape index (κ1) is 33.1. The van der Waals surface area contributed by atoms with Crippen molar-refractivity contribution < 1.29 is 0 Å². The first-order valence-corrected chi connectivity index (χ1v) is 19.7. The van der Waals surface area contributed by atoms with Crippen molar-refractivity contribution in [2.75, 3.05) is 4.90 Å². The Labute approximate surface area is 330 Å². The van der Waals surface area contributed by atoms with Crippen LogP contribution in [0.15, 0.2) is 205 Å². The van der Waals surface area contributed by atoms with Crippen LogP contribution < -0.4 is 4.90 Å². The van der Waals surface area contributed by atoms with E-state index in [-0.39, 0.29) is 0 Å². The third-order valence-corrected chi connectivity index (χ3v) is 11.9. The lowest BCUT2D eigenvalue weighted by atomic mass is 9.97. The van der Waals surface area contributed by atoms with Crippen molar-refractivity contribution in [2.45, 2.75) is 4.90 Å². The zero-order chi connectivity index (χ0) is 36.7. The number of aromatic nitrogens is 1. The topological polar surface area (TPSA) is 16.1 Å². The maximum atomic E-state index is 5.38. The Hall–Kier alpha value is -6.46. The average Bonchev–Trinajstić information content (AvgIpc) is 3.70. The van der Waals surface area contributed by atoms with Gasteiger partial charge < -0.3 is 4.90 Å². The van der Waals surface area contributed by atoms with E-state index in [0.29, 0.717) is 0 Å². The van der Waals surface area contributed by atoms with E-state index in [1.165, 1.54) is 32.7 Å². The summed E-state index contributed by atoms with van der Waals surface area (Å²) in [6, 6.07) is 71.4. The molecule has 0 saturated heterocycles. The fraction of sp³-hybridized carbons (Fsp3) is 0. The number of thiazole rings is 1. The minimum atomic E-state index is 0.876. The Balaban J connectivity index is 1.17. The van der Waals surface area contributed by atoms with Gasteiger partial charge in [0.1, 0.15) is 10.5 Å². The first-order chi connectivity index (χ1) is 27.2. The maximum absolute atomic E-state index is 5.38. The molecule has 0 N–H and O–H groups in total. The molecule has 0 fully saturated rings. The third-order valence-electron chi connectivity index (χ3n) is 10.4. The molecule has 0 bridgehead atoms. The molecule has 2 nitrogen and oxygen atoms in total. The molecule has 0 amide bonds. The summed E-state index contributed by atoms with van der Waals surface area (Å²) in [5, 5.41) is 6.00. The molecule has 1 aromatic heterocycles. The molecule has 0 atom stereocenters. The Morgan fingerprint density at radius 1 is 0.418 bits per heavy atom. The van der Waals surface area contributed by atoms with E-state index in [2.05, 4.69) is 199 Å². The predicted octanol–water partition coefficient (Wildman–Crippen LogP) is 15.0. The van der Waals surface area contributed by atoms with Crippen molar-refractivity contribution in [2.24, 2.45) is 0 Å². The summed E-state index contributed by atoms with van der Waals surface area (Å²) in [6.07, 6.45) is 0. The Kier molecular flexibility index (Phi) is 8.48. The molecule has 260 valence electrons. The van der Waals surface area contributed by atoms with Crippen LogP contribution in [0.2, 0.25) is 0 Å². The summed E-state index contributed by atoms with van der Waals surface area (Å²) < 4.78 is 1.11. The zero-order valence-electron chi connectivity index (χ0n) is 29.8. The van der Waals surface area contributed by atoms with E-state index in [0.717, 1.165) is 65.0 Å². The van der Waals surface area contributed by atoms with E-state index < -0.39 is 0 Å². The number of rotatable bonds is 7. The average molecular weight is 739 g/mol. The van der Waals surface area contributed by atoms with Crippen LogP contribution in [0, 0.1) is 0 Å². The van der Waals surface area contributed by atoms with Crippen molar-refractivity contribution in [1.29, 1.82) is 0 Å². The lowest BCUT2D eigenvalue weighted by Gasteiger charge is -2.28.